The molecule has 6 nitrogen and oxygen atoms in total. The van der Waals surface area contributed by atoms with Gasteiger partial charge in [-0.3, -0.25) is 5.43 Å². The Morgan fingerprint density at radius 1 is 1.60 bits per heavy atom. The van der Waals surface area contributed by atoms with E-state index in [-0.39, 0.29) is 0 Å². The molecule has 0 spiro atoms. The zero-order valence-electron chi connectivity index (χ0n) is 8.31. The molecule has 1 aromatic heterocycles. The molecule has 0 saturated carbocycles. The number of anilines is 1. The van der Waals surface area contributed by atoms with Gasteiger partial charge in [0.15, 0.2) is 0 Å². The molecule has 1 aliphatic heterocycles. The van der Waals surface area contributed by atoms with E-state index in [4.69, 9.17) is 15.3 Å². The Balaban J connectivity index is 1.68. The predicted molar refractivity (Wildman–Crippen MR) is 56.3 cm³/mol. The first-order valence-corrected chi connectivity index (χ1v) is 5.64. The number of hydrogen-bond acceptors (Lipinski definition) is 7. The van der Waals surface area contributed by atoms with Crippen LogP contribution in [0.5, 0.6) is 0 Å². The lowest BCUT2D eigenvalue weighted by atomic mass is 10.1. The normalized spacial score (nSPS) is 20.7. The van der Waals surface area contributed by atoms with Crippen molar-refractivity contribution in [2.75, 3.05) is 25.2 Å². The average Bonchev–Trinajstić information content (AvgIpc) is 2.88. The first-order valence-electron chi connectivity index (χ1n) is 4.83. The van der Waals surface area contributed by atoms with E-state index < -0.39 is 0 Å². The molecule has 0 aromatic carbocycles. The summed E-state index contributed by atoms with van der Waals surface area (Å²) in [5.41, 5.74) is 2.45. The lowest BCUT2D eigenvalue weighted by molar-refractivity contribution is 0.0787. The molecule has 1 aromatic rings. The first kappa shape index (κ1) is 10.7. The van der Waals surface area contributed by atoms with Gasteiger partial charge in [-0.15, -0.1) is 10.2 Å². The molecule has 1 saturated heterocycles. The fraction of sp³-hybridized carbons (Fsp3) is 0.750. The number of aromatic nitrogens is 2. The van der Waals surface area contributed by atoms with E-state index in [1.165, 1.54) is 11.3 Å². The number of rotatable bonds is 5. The molecule has 0 radical (unpaired) electrons. The molecule has 2 rings (SSSR count). The third-order valence-electron chi connectivity index (χ3n) is 2.19. The zero-order chi connectivity index (χ0) is 10.5. The number of hydrazine groups is 1. The summed E-state index contributed by atoms with van der Waals surface area (Å²) in [6, 6.07) is 0. The molecule has 1 aliphatic rings. The van der Waals surface area contributed by atoms with Gasteiger partial charge in [0, 0.05) is 12.5 Å². The molecule has 7 heteroatoms. The Labute approximate surface area is 91.8 Å². The van der Waals surface area contributed by atoms with E-state index in [2.05, 4.69) is 15.6 Å². The highest BCUT2D eigenvalue weighted by molar-refractivity contribution is 7.15. The maximum absolute atomic E-state index is 5.52. The van der Waals surface area contributed by atoms with E-state index >= 15 is 0 Å². The lowest BCUT2D eigenvalue weighted by Gasteiger charge is -2.06. The lowest BCUT2D eigenvalue weighted by Crippen LogP contribution is -2.08. The molecule has 1 fully saturated rings. The minimum Gasteiger partial charge on any atom is -0.381 e. The Morgan fingerprint density at radius 3 is 3.20 bits per heavy atom. The number of nitrogens with zero attached hydrogens (tertiary/aromatic N) is 2. The molecule has 1 unspecified atom stereocenters. The van der Waals surface area contributed by atoms with Crippen LogP contribution in [-0.4, -0.2) is 30.0 Å². The highest BCUT2D eigenvalue weighted by atomic mass is 32.1. The van der Waals surface area contributed by atoms with Crippen molar-refractivity contribution in [1.82, 2.24) is 10.2 Å². The molecule has 3 N–H and O–H groups in total. The number of nitrogens with two attached hydrogens (primary N) is 1. The van der Waals surface area contributed by atoms with Crippen molar-refractivity contribution in [2.45, 2.75) is 13.0 Å². The smallest absolute Gasteiger partial charge is 0.219 e. The standard InChI is InChI=1S/C8H14N4O2S/c9-10-8-12-11-7(15-8)5-14-4-6-1-2-13-3-6/h6H,1-5,9H2,(H,10,12). The van der Waals surface area contributed by atoms with E-state index in [9.17, 15) is 0 Å². The summed E-state index contributed by atoms with van der Waals surface area (Å²) >= 11 is 1.40. The minimum atomic E-state index is 0.496. The highest BCUT2D eigenvalue weighted by Crippen LogP contribution is 2.16. The number of hydrogen-bond donors (Lipinski definition) is 2. The van der Waals surface area contributed by atoms with Gasteiger partial charge in [-0.25, -0.2) is 5.84 Å². The van der Waals surface area contributed by atoms with Crippen LogP contribution in [0.4, 0.5) is 5.13 Å². The topological polar surface area (TPSA) is 82.3 Å². The number of nitrogen functional groups attached to an aromatic ring is 1. The van der Waals surface area contributed by atoms with Gasteiger partial charge in [-0.2, -0.15) is 0 Å². The summed E-state index contributed by atoms with van der Waals surface area (Å²) in [7, 11) is 0. The monoisotopic (exact) mass is 230 g/mol. The van der Waals surface area contributed by atoms with Crippen LogP contribution in [0.1, 0.15) is 11.4 Å². The molecule has 2 heterocycles. The molecule has 0 aliphatic carbocycles. The minimum absolute atomic E-state index is 0.496. The van der Waals surface area contributed by atoms with Crippen molar-refractivity contribution in [2.24, 2.45) is 11.8 Å². The SMILES string of the molecule is NNc1nnc(COCC2CCOC2)s1. The van der Waals surface area contributed by atoms with Gasteiger partial charge in [0.2, 0.25) is 5.13 Å². The maximum Gasteiger partial charge on any atom is 0.219 e. The van der Waals surface area contributed by atoms with Crippen LogP contribution in [0.2, 0.25) is 0 Å². The molecule has 0 amide bonds. The molecular weight excluding hydrogens is 216 g/mol. The summed E-state index contributed by atoms with van der Waals surface area (Å²) in [5.74, 6) is 5.72. The Kier molecular flexibility index (Phi) is 3.84. The summed E-state index contributed by atoms with van der Waals surface area (Å²) < 4.78 is 10.8. The summed E-state index contributed by atoms with van der Waals surface area (Å²) in [5, 5.41) is 9.18. The van der Waals surface area contributed by atoms with Crippen molar-refractivity contribution in [3.05, 3.63) is 5.01 Å². The van der Waals surface area contributed by atoms with E-state index in [0.29, 0.717) is 17.7 Å². The van der Waals surface area contributed by atoms with Gasteiger partial charge >= 0.3 is 0 Å². The fourth-order valence-corrected chi connectivity index (χ4v) is 1.99. The van der Waals surface area contributed by atoms with Crippen molar-refractivity contribution in [1.29, 1.82) is 0 Å². The van der Waals surface area contributed by atoms with Crippen LogP contribution in [-0.2, 0) is 16.1 Å². The molecule has 15 heavy (non-hydrogen) atoms. The van der Waals surface area contributed by atoms with Crippen molar-refractivity contribution in [3.63, 3.8) is 0 Å². The highest BCUT2D eigenvalue weighted by Gasteiger charge is 2.15. The summed E-state index contributed by atoms with van der Waals surface area (Å²) in [4.78, 5) is 0. The van der Waals surface area contributed by atoms with Gasteiger partial charge in [-0.05, 0) is 6.42 Å². The number of ether oxygens (including phenoxy) is 2. The largest absolute Gasteiger partial charge is 0.381 e. The van der Waals surface area contributed by atoms with Gasteiger partial charge < -0.3 is 9.47 Å². The van der Waals surface area contributed by atoms with Crippen molar-refractivity contribution in [3.8, 4) is 0 Å². The maximum atomic E-state index is 5.52. The molecule has 1 atom stereocenters. The van der Waals surface area contributed by atoms with E-state index in [0.717, 1.165) is 31.2 Å². The van der Waals surface area contributed by atoms with Gasteiger partial charge in [0.05, 0.1) is 13.2 Å². The summed E-state index contributed by atoms with van der Waals surface area (Å²) in [6.45, 7) is 2.89. The second kappa shape index (κ2) is 5.36. The third kappa shape index (κ3) is 3.10. The van der Waals surface area contributed by atoms with E-state index in [1.807, 2.05) is 0 Å². The van der Waals surface area contributed by atoms with E-state index in [1.54, 1.807) is 0 Å². The zero-order valence-corrected chi connectivity index (χ0v) is 9.13. The second-order valence-corrected chi connectivity index (χ2v) is 4.45. The molecule has 84 valence electrons. The quantitative estimate of drug-likeness (QED) is 0.562. The second-order valence-electron chi connectivity index (χ2n) is 3.39. The van der Waals surface area contributed by atoms with Gasteiger partial charge in [0.1, 0.15) is 11.6 Å². The predicted octanol–water partition coefficient (Wildman–Crippen LogP) is 0.377. The van der Waals surface area contributed by atoms with Gasteiger partial charge in [-0.1, -0.05) is 11.3 Å². The summed E-state index contributed by atoms with van der Waals surface area (Å²) in [6.07, 6.45) is 1.09. The average molecular weight is 230 g/mol. The molecule has 0 bridgehead atoms. The van der Waals surface area contributed by atoms with Crippen molar-refractivity contribution < 1.29 is 9.47 Å². The van der Waals surface area contributed by atoms with Crippen molar-refractivity contribution >= 4 is 16.5 Å². The van der Waals surface area contributed by atoms with Crippen LogP contribution in [0.3, 0.4) is 0 Å². The van der Waals surface area contributed by atoms with Crippen LogP contribution in [0, 0.1) is 5.92 Å². The van der Waals surface area contributed by atoms with Gasteiger partial charge in [0.25, 0.3) is 0 Å². The first-order chi connectivity index (χ1) is 7.38. The number of nitrogens with one attached hydrogen (secondary N) is 1. The van der Waals surface area contributed by atoms with Crippen LogP contribution in [0.15, 0.2) is 0 Å². The van der Waals surface area contributed by atoms with Crippen LogP contribution < -0.4 is 11.3 Å². The van der Waals surface area contributed by atoms with Crippen LogP contribution in [0.25, 0.3) is 0 Å². The Hall–Kier alpha value is -0.760. The third-order valence-corrected chi connectivity index (χ3v) is 3.02. The fourth-order valence-electron chi connectivity index (χ4n) is 1.40. The van der Waals surface area contributed by atoms with Crippen LogP contribution >= 0.6 is 11.3 Å². The Morgan fingerprint density at radius 2 is 2.53 bits per heavy atom. The Bertz CT molecular complexity index is 301. The molecular formula is C8H14N4O2S.